The van der Waals surface area contributed by atoms with Gasteiger partial charge in [0.1, 0.15) is 11.6 Å². The summed E-state index contributed by atoms with van der Waals surface area (Å²) in [6.07, 6.45) is 6.44. The number of hydrogen-bond acceptors (Lipinski definition) is 5. The van der Waals surface area contributed by atoms with Crippen molar-refractivity contribution in [3.05, 3.63) is 11.5 Å². The maximum absolute atomic E-state index is 5.66. The second-order valence-corrected chi connectivity index (χ2v) is 6.08. The van der Waals surface area contributed by atoms with E-state index in [9.17, 15) is 0 Å². The van der Waals surface area contributed by atoms with Crippen molar-refractivity contribution in [1.82, 2.24) is 19.7 Å². The maximum atomic E-state index is 5.66. The largest absolute Gasteiger partial charge is 0.378 e. The Hall–Kier alpha value is -1.69. The fraction of sp³-hybridized carbons (Fsp3) is 0.688. The molecule has 6 nitrogen and oxygen atoms in total. The van der Waals surface area contributed by atoms with Crippen LogP contribution in [-0.4, -0.2) is 39.0 Å². The van der Waals surface area contributed by atoms with Gasteiger partial charge in [-0.1, -0.05) is 0 Å². The van der Waals surface area contributed by atoms with E-state index in [1.807, 2.05) is 25.6 Å². The van der Waals surface area contributed by atoms with Gasteiger partial charge in [0.05, 0.1) is 17.2 Å². The molecule has 3 rings (SSSR count). The number of unbranched alkanes of at least 4 members (excludes halogenated alkanes) is 1. The highest BCUT2D eigenvalue weighted by Crippen LogP contribution is 2.23. The quantitative estimate of drug-likeness (QED) is 0.831. The fourth-order valence-corrected chi connectivity index (χ4v) is 3.15. The number of anilines is 1. The lowest BCUT2D eigenvalue weighted by atomic mass is 10.1. The van der Waals surface area contributed by atoms with E-state index in [1.165, 1.54) is 25.7 Å². The summed E-state index contributed by atoms with van der Waals surface area (Å²) in [4.78, 5) is 9.04. The summed E-state index contributed by atoms with van der Waals surface area (Å²) in [5.41, 5.74) is 1.87. The lowest BCUT2D eigenvalue weighted by Gasteiger charge is -2.10. The number of aryl methyl sites for hydroxylation is 3. The Balaban J connectivity index is 1.59. The van der Waals surface area contributed by atoms with Crippen LogP contribution >= 0.6 is 0 Å². The lowest BCUT2D eigenvalue weighted by Crippen LogP contribution is -2.08. The van der Waals surface area contributed by atoms with Crippen LogP contribution in [0.15, 0.2) is 0 Å². The summed E-state index contributed by atoms with van der Waals surface area (Å²) in [5, 5.41) is 8.94. The Labute approximate surface area is 131 Å². The van der Waals surface area contributed by atoms with Gasteiger partial charge in [-0.05, 0) is 46.0 Å². The summed E-state index contributed by atoms with van der Waals surface area (Å²) in [6, 6.07) is 0. The summed E-state index contributed by atoms with van der Waals surface area (Å²) in [5.74, 6) is 1.68. The van der Waals surface area contributed by atoms with Gasteiger partial charge in [-0.15, -0.1) is 0 Å². The standard InChI is InChI=1S/C16H25N5O/c1-11-14-15(18-12(2)19-16(14)21(3)20-11)17-9-5-4-7-13-8-6-10-22-13/h13H,4-10H2,1-3H3,(H,17,18,19). The van der Waals surface area contributed by atoms with Crippen molar-refractivity contribution in [3.8, 4) is 0 Å². The molecular formula is C16H25N5O. The first-order valence-electron chi connectivity index (χ1n) is 8.18. The molecule has 0 aromatic carbocycles. The highest BCUT2D eigenvalue weighted by Gasteiger charge is 2.15. The van der Waals surface area contributed by atoms with E-state index >= 15 is 0 Å². The highest BCUT2D eigenvalue weighted by molar-refractivity contribution is 5.89. The lowest BCUT2D eigenvalue weighted by molar-refractivity contribution is 0.102. The zero-order valence-electron chi connectivity index (χ0n) is 13.7. The van der Waals surface area contributed by atoms with Crippen molar-refractivity contribution < 1.29 is 4.74 Å². The van der Waals surface area contributed by atoms with Gasteiger partial charge in [0.2, 0.25) is 0 Å². The fourth-order valence-electron chi connectivity index (χ4n) is 3.15. The Bertz CT molecular complexity index is 646. The van der Waals surface area contributed by atoms with Gasteiger partial charge in [0.25, 0.3) is 0 Å². The highest BCUT2D eigenvalue weighted by atomic mass is 16.5. The van der Waals surface area contributed by atoms with Gasteiger partial charge in [-0.25, -0.2) is 9.97 Å². The smallest absolute Gasteiger partial charge is 0.163 e. The van der Waals surface area contributed by atoms with E-state index < -0.39 is 0 Å². The van der Waals surface area contributed by atoms with Gasteiger partial charge in [-0.2, -0.15) is 5.10 Å². The minimum absolute atomic E-state index is 0.494. The molecule has 1 aliphatic rings. The van der Waals surface area contributed by atoms with Crippen LogP contribution in [0.25, 0.3) is 11.0 Å². The molecule has 120 valence electrons. The van der Waals surface area contributed by atoms with Crippen LogP contribution in [0.5, 0.6) is 0 Å². The van der Waals surface area contributed by atoms with Crippen molar-refractivity contribution in [2.45, 2.75) is 52.1 Å². The molecule has 0 bridgehead atoms. The molecule has 0 spiro atoms. The van der Waals surface area contributed by atoms with Crippen LogP contribution in [0.4, 0.5) is 5.82 Å². The molecule has 0 amide bonds. The Morgan fingerprint density at radius 3 is 2.91 bits per heavy atom. The van der Waals surface area contributed by atoms with Gasteiger partial charge < -0.3 is 10.1 Å². The average Bonchev–Trinajstić information content (AvgIpc) is 3.07. The molecule has 1 aliphatic heterocycles. The van der Waals surface area contributed by atoms with Crippen LogP contribution in [0.1, 0.15) is 43.6 Å². The van der Waals surface area contributed by atoms with E-state index in [1.54, 1.807) is 0 Å². The number of ether oxygens (including phenoxy) is 1. The van der Waals surface area contributed by atoms with Crippen LogP contribution in [-0.2, 0) is 11.8 Å². The normalized spacial score (nSPS) is 18.2. The first-order chi connectivity index (χ1) is 10.6. The maximum Gasteiger partial charge on any atom is 0.163 e. The minimum atomic E-state index is 0.494. The molecule has 0 saturated carbocycles. The molecule has 0 radical (unpaired) electrons. The van der Waals surface area contributed by atoms with E-state index in [0.29, 0.717) is 6.10 Å². The number of nitrogens with one attached hydrogen (secondary N) is 1. The predicted molar refractivity (Wildman–Crippen MR) is 87.1 cm³/mol. The Morgan fingerprint density at radius 2 is 2.14 bits per heavy atom. The summed E-state index contributed by atoms with van der Waals surface area (Å²) >= 11 is 0. The van der Waals surface area contributed by atoms with Crippen molar-refractivity contribution in [2.75, 3.05) is 18.5 Å². The van der Waals surface area contributed by atoms with Crippen molar-refractivity contribution in [1.29, 1.82) is 0 Å². The van der Waals surface area contributed by atoms with Crippen LogP contribution < -0.4 is 5.32 Å². The van der Waals surface area contributed by atoms with Crippen LogP contribution in [0, 0.1) is 13.8 Å². The Kier molecular flexibility index (Phi) is 4.57. The third-order valence-electron chi connectivity index (χ3n) is 4.24. The van der Waals surface area contributed by atoms with Crippen molar-refractivity contribution in [3.63, 3.8) is 0 Å². The molecule has 22 heavy (non-hydrogen) atoms. The topological polar surface area (TPSA) is 64.9 Å². The van der Waals surface area contributed by atoms with E-state index in [2.05, 4.69) is 20.4 Å². The van der Waals surface area contributed by atoms with E-state index in [4.69, 9.17) is 4.74 Å². The molecule has 3 heterocycles. The summed E-state index contributed by atoms with van der Waals surface area (Å²) < 4.78 is 7.48. The van der Waals surface area contributed by atoms with Gasteiger partial charge in [0.15, 0.2) is 5.65 Å². The SMILES string of the molecule is Cc1nc(NCCCCC2CCCO2)c2c(C)nn(C)c2n1. The van der Waals surface area contributed by atoms with E-state index in [0.717, 1.165) is 47.9 Å². The number of rotatable bonds is 6. The molecule has 1 saturated heterocycles. The molecule has 6 heteroatoms. The van der Waals surface area contributed by atoms with Crippen LogP contribution in [0.2, 0.25) is 0 Å². The summed E-state index contributed by atoms with van der Waals surface area (Å²) in [6.45, 7) is 5.79. The second-order valence-electron chi connectivity index (χ2n) is 6.08. The third kappa shape index (κ3) is 3.21. The molecular weight excluding hydrogens is 278 g/mol. The first-order valence-corrected chi connectivity index (χ1v) is 8.18. The number of aromatic nitrogens is 4. The molecule has 1 unspecified atom stereocenters. The molecule has 0 aliphatic carbocycles. The monoisotopic (exact) mass is 303 g/mol. The van der Waals surface area contributed by atoms with Gasteiger partial charge >= 0.3 is 0 Å². The van der Waals surface area contributed by atoms with Crippen molar-refractivity contribution in [2.24, 2.45) is 7.05 Å². The number of fused-ring (bicyclic) bond motifs is 1. The molecule has 2 aromatic heterocycles. The first kappa shape index (κ1) is 15.2. The van der Waals surface area contributed by atoms with E-state index in [-0.39, 0.29) is 0 Å². The van der Waals surface area contributed by atoms with Crippen molar-refractivity contribution >= 4 is 16.9 Å². The second kappa shape index (κ2) is 6.60. The number of nitrogens with zero attached hydrogens (tertiary/aromatic N) is 4. The third-order valence-corrected chi connectivity index (χ3v) is 4.24. The zero-order chi connectivity index (χ0) is 15.5. The average molecular weight is 303 g/mol. The summed E-state index contributed by atoms with van der Waals surface area (Å²) in [7, 11) is 1.92. The minimum Gasteiger partial charge on any atom is -0.378 e. The van der Waals surface area contributed by atoms with Gasteiger partial charge in [-0.3, -0.25) is 4.68 Å². The molecule has 2 aromatic rings. The molecule has 1 atom stereocenters. The predicted octanol–water partition coefficient (Wildman–Crippen LogP) is 2.74. The van der Waals surface area contributed by atoms with Crippen LogP contribution in [0.3, 0.4) is 0 Å². The molecule has 1 N–H and O–H groups in total. The molecule has 1 fully saturated rings. The zero-order valence-corrected chi connectivity index (χ0v) is 13.7. The number of hydrogen-bond donors (Lipinski definition) is 1. The van der Waals surface area contributed by atoms with Gasteiger partial charge in [0, 0.05) is 20.2 Å². The Morgan fingerprint density at radius 1 is 1.27 bits per heavy atom.